The maximum absolute atomic E-state index is 12.8. The number of rotatable bonds is 12. The van der Waals surface area contributed by atoms with Crippen LogP contribution in [0.3, 0.4) is 0 Å². The lowest BCUT2D eigenvalue weighted by atomic mass is 9.69. The molecule has 4 heteroatoms. The van der Waals surface area contributed by atoms with Crippen LogP contribution in [0, 0.1) is 22.7 Å². The van der Waals surface area contributed by atoms with Crippen LogP contribution in [-0.2, 0) is 11.2 Å². The molecule has 0 aliphatic heterocycles. The zero-order valence-corrected chi connectivity index (χ0v) is 21.0. The third-order valence-corrected chi connectivity index (χ3v) is 7.28. The molecule has 1 aromatic heterocycles. The first-order chi connectivity index (χ1) is 16.6. The number of aromatic nitrogens is 1. The number of carbonyl (C=O) groups is 1. The second-order valence-corrected chi connectivity index (χ2v) is 9.93. The number of aryl methyl sites for hydroxylation is 1. The van der Waals surface area contributed by atoms with E-state index >= 15 is 0 Å². The largest absolute Gasteiger partial charge is 0.426 e. The highest BCUT2D eigenvalue weighted by molar-refractivity contribution is 5.75. The van der Waals surface area contributed by atoms with Gasteiger partial charge in [0.25, 0.3) is 0 Å². The van der Waals surface area contributed by atoms with E-state index < -0.39 is 0 Å². The Balaban J connectivity index is 1.48. The average Bonchev–Trinajstić information content (AvgIpc) is 2.88. The summed E-state index contributed by atoms with van der Waals surface area (Å²) in [5.41, 5.74) is 2.95. The lowest BCUT2D eigenvalue weighted by molar-refractivity contribution is -0.140. The number of nitriles is 1. The molecule has 0 unspecified atom stereocenters. The van der Waals surface area contributed by atoms with Crippen molar-refractivity contribution in [2.45, 2.75) is 97.3 Å². The molecule has 0 N–H and O–H groups in total. The third kappa shape index (κ3) is 7.42. The first-order valence-corrected chi connectivity index (χ1v) is 13.3. The van der Waals surface area contributed by atoms with Crippen molar-refractivity contribution in [1.82, 2.24) is 4.98 Å². The number of ether oxygens (including phenoxy) is 1. The summed E-state index contributed by atoms with van der Waals surface area (Å²) in [6, 6.07) is 14.4. The number of esters is 1. The molecular formula is C30H40N2O2. The molecule has 4 nitrogen and oxygen atoms in total. The molecule has 2 aromatic rings. The van der Waals surface area contributed by atoms with Gasteiger partial charge < -0.3 is 4.74 Å². The van der Waals surface area contributed by atoms with Gasteiger partial charge in [-0.05, 0) is 80.8 Å². The molecule has 0 radical (unpaired) electrons. The van der Waals surface area contributed by atoms with Crippen molar-refractivity contribution in [2.24, 2.45) is 11.3 Å². The van der Waals surface area contributed by atoms with Gasteiger partial charge in [-0.1, -0.05) is 58.4 Å². The smallest absolute Gasteiger partial charge is 0.314 e. The van der Waals surface area contributed by atoms with E-state index in [1.165, 1.54) is 44.1 Å². The summed E-state index contributed by atoms with van der Waals surface area (Å²) in [5, 5.41) is 9.81. The average molecular weight is 461 g/mol. The summed E-state index contributed by atoms with van der Waals surface area (Å²) in [6.07, 6.45) is 15.5. The second kappa shape index (κ2) is 13.3. The highest BCUT2D eigenvalue weighted by atomic mass is 16.5. The van der Waals surface area contributed by atoms with Crippen molar-refractivity contribution in [3.63, 3.8) is 0 Å². The van der Waals surface area contributed by atoms with Gasteiger partial charge in [-0.25, -0.2) is 0 Å². The van der Waals surface area contributed by atoms with Crippen LogP contribution < -0.4 is 4.74 Å². The Morgan fingerprint density at radius 3 is 2.32 bits per heavy atom. The molecule has 1 heterocycles. The SMILES string of the molecule is CCCCCCC[C@]1(C#N)CC[C@H](C(=O)Oc2ccc(-c3ccc(CCCC)cn3)cc2)CC1. The summed E-state index contributed by atoms with van der Waals surface area (Å²) in [7, 11) is 0. The molecule has 1 saturated carbocycles. The predicted molar refractivity (Wildman–Crippen MR) is 137 cm³/mol. The molecule has 0 spiro atoms. The molecule has 34 heavy (non-hydrogen) atoms. The van der Waals surface area contributed by atoms with E-state index in [0.29, 0.717) is 5.75 Å². The number of pyridine rings is 1. The predicted octanol–water partition coefficient (Wildman–Crippen LogP) is 8.06. The number of nitrogens with zero attached hydrogens (tertiary/aromatic N) is 2. The Hall–Kier alpha value is -2.67. The molecule has 1 fully saturated rings. The van der Waals surface area contributed by atoms with Gasteiger partial charge in [0.15, 0.2) is 0 Å². The molecule has 1 aliphatic rings. The number of hydrogen-bond donors (Lipinski definition) is 0. The van der Waals surface area contributed by atoms with Crippen LogP contribution in [0.4, 0.5) is 0 Å². The summed E-state index contributed by atoms with van der Waals surface area (Å²) in [6.45, 7) is 4.41. The zero-order valence-electron chi connectivity index (χ0n) is 21.0. The van der Waals surface area contributed by atoms with Crippen LogP contribution in [-0.4, -0.2) is 11.0 Å². The molecular weight excluding hydrogens is 420 g/mol. The van der Waals surface area contributed by atoms with Gasteiger partial charge in [0, 0.05) is 11.8 Å². The highest BCUT2D eigenvalue weighted by Crippen LogP contribution is 2.42. The Bertz CT molecular complexity index is 920. The number of hydrogen-bond acceptors (Lipinski definition) is 4. The van der Waals surface area contributed by atoms with Crippen LogP contribution in [0.15, 0.2) is 42.6 Å². The minimum absolute atomic E-state index is 0.112. The first-order valence-electron chi connectivity index (χ1n) is 13.3. The van der Waals surface area contributed by atoms with Gasteiger partial charge in [0.05, 0.1) is 23.1 Å². The van der Waals surface area contributed by atoms with E-state index in [1.54, 1.807) is 0 Å². The molecule has 1 aromatic carbocycles. The van der Waals surface area contributed by atoms with Crippen molar-refractivity contribution in [3.8, 4) is 23.1 Å². The fourth-order valence-electron chi connectivity index (χ4n) is 4.91. The minimum atomic E-state index is -0.246. The van der Waals surface area contributed by atoms with Gasteiger partial charge in [-0.3, -0.25) is 9.78 Å². The monoisotopic (exact) mass is 460 g/mol. The van der Waals surface area contributed by atoms with Crippen molar-refractivity contribution in [3.05, 3.63) is 48.2 Å². The number of benzene rings is 1. The van der Waals surface area contributed by atoms with Crippen LogP contribution in [0.5, 0.6) is 5.75 Å². The van der Waals surface area contributed by atoms with Gasteiger partial charge in [0.2, 0.25) is 0 Å². The topological polar surface area (TPSA) is 63.0 Å². The van der Waals surface area contributed by atoms with Crippen LogP contribution >= 0.6 is 0 Å². The fourth-order valence-corrected chi connectivity index (χ4v) is 4.91. The van der Waals surface area contributed by atoms with Gasteiger partial charge in [-0.2, -0.15) is 5.26 Å². The van der Waals surface area contributed by atoms with E-state index in [4.69, 9.17) is 4.74 Å². The molecule has 0 amide bonds. The second-order valence-electron chi connectivity index (χ2n) is 9.93. The summed E-state index contributed by atoms with van der Waals surface area (Å²) < 4.78 is 5.69. The van der Waals surface area contributed by atoms with E-state index in [2.05, 4.69) is 37.0 Å². The van der Waals surface area contributed by atoms with E-state index in [-0.39, 0.29) is 17.3 Å². The Labute approximate surface area is 205 Å². The first kappa shape index (κ1) is 25.9. The van der Waals surface area contributed by atoms with Crippen molar-refractivity contribution in [2.75, 3.05) is 0 Å². The van der Waals surface area contributed by atoms with Gasteiger partial charge in [-0.15, -0.1) is 0 Å². The normalized spacial score (nSPS) is 20.0. The summed E-state index contributed by atoms with van der Waals surface area (Å²) in [5.74, 6) is 0.292. The molecule has 0 bridgehead atoms. The Morgan fingerprint density at radius 2 is 1.71 bits per heavy atom. The lowest BCUT2D eigenvalue weighted by Gasteiger charge is -2.34. The summed E-state index contributed by atoms with van der Waals surface area (Å²) >= 11 is 0. The summed E-state index contributed by atoms with van der Waals surface area (Å²) in [4.78, 5) is 17.3. The van der Waals surface area contributed by atoms with E-state index in [9.17, 15) is 10.1 Å². The van der Waals surface area contributed by atoms with Crippen LogP contribution in [0.2, 0.25) is 0 Å². The minimum Gasteiger partial charge on any atom is -0.426 e. The molecule has 0 saturated heterocycles. The highest BCUT2D eigenvalue weighted by Gasteiger charge is 2.37. The number of carbonyl (C=O) groups excluding carboxylic acids is 1. The Morgan fingerprint density at radius 1 is 1.00 bits per heavy atom. The Kier molecular flexibility index (Phi) is 10.1. The maximum atomic E-state index is 12.8. The fraction of sp³-hybridized carbons (Fsp3) is 0.567. The van der Waals surface area contributed by atoms with Crippen LogP contribution in [0.1, 0.15) is 96.5 Å². The third-order valence-electron chi connectivity index (χ3n) is 7.28. The number of unbranched alkanes of at least 4 members (excludes halogenated alkanes) is 5. The van der Waals surface area contributed by atoms with Gasteiger partial charge >= 0.3 is 5.97 Å². The quantitative estimate of drug-likeness (QED) is 0.182. The van der Waals surface area contributed by atoms with Crippen LogP contribution in [0.25, 0.3) is 11.3 Å². The standard InChI is InChI=1S/C30H40N2O2/c1-3-5-7-8-9-19-30(23-31)20-17-26(18-21-30)29(33)34-27-14-12-25(13-15-27)28-16-11-24(22-32-28)10-6-4-2/h11-16,22,26H,3-10,17-21H2,1-2H3/t26-,30-. The van der Waals surface area contributed by atoms with E-state index in [1.807, 2.05) is 30.5 Å². The van der Waals surface area contributed by atoms with Crippen molar-refractivity contribution < 1.29 is 9.53 Å². The maximum Gasteiger partial charge on any atom is 0.314 e. The van der Waals surface area contributed by atoms with Gasteiger partial charge in [0.1, 0.15) is 5.75 Å². The van der Waals surface area contributed by atoms with E-state index in [0.717, 1.165) is 56.2 Å². The molecule has 3 rings (SSSR count). The van der Waals surface area contributed by atoms with Crippen molar-refractivity contribution in [1.29, 1.82) is 5.26 Å². The molecule has 0 atom stereocenters. The van der Waals surface area contributed by atoms with Crippen molar-refractivity contribution >= 4 is 5.97 Å². The zero-order chi connectivity index (χ0) is 24.2. The molecule has 182 valence electrons. The molecule has 1 aliphatic carbocycles. The lowest BCUT2D eigenvalue weighted by Crippen LogP contribution is -2.31.